The summed E-state index contributed by atoms with van der Waals surface area (Å²) < 4.78 is 27.6. The first kappa shape index (κ1) is 15.6. The summed E-state index contributed by atoms with van der Waals surface area (Å²) in [5.74, 6) is 2.62. The van der Waals surface area contributed by atoms with Gasteiger partial charge in [0, 0.05) is 17.2 Å². The van der Waals surface area contributed by atoms with Crippen LogP contribution in [0.2, 0.25) is 5.15 Å². The number of hydrogen-bond acceptors (Lipinski definition) is 4. The lowest BCUT2D eigenvalue weighted by atomic mass is 10.0. The summed E-state index contributed by atoms with van der Waals surface area (Å²) in [5, 5.41) is -0.00472. The second kappa shape index (κ2) is 6.76. The van der Waals surface area contributed by atoms with Crippen LogP contribution in [0.4, 0.5) is 0 Å². The molecule has 0 radical (unpaired) electrons. The van der Waals surface area contributed by atoms with Crippen LogP contribution in [0.3, 0.4) is 0 Å². The van der Waals surface area contributed by atoms with Crippen LogP contribution in [0.25, 0.3) is 0 Å². The molecule has 0 unspecified atom stereocenters. The van der Waals surface area contributed by atoms with Gasteiger partial charge in [0.25, 0.3) is 0 Å². The van der Waals surface area contributed by atoms with Gasteiger partial charge in [-0.1, -0.05) is 11.6 Å². The Morgan fingerprint density at radius 2 is 2.16 bits per heavy atom. The fourth-order valence-electron chi connectivity index (χ4n) is 1.85. The van der Waals surface area contributed by atoms with Crippen LogP contribution in [-0.2, 0) is 10.0 Å². The normalized spacial score (nSPS) is 17.6. The minimum absolute atomic E-state index is 0.00472. The molecular formula is C11H14BrClN2O2S2. The van der Waals surface area contributed by atoms with Crippen LogP contribution in [0.1, 0.15) is 12.8 Å². The Morgan fingerprint density at radius 1 is 1.47 bits per heavy atom. The van der Waals surface area contributed by atoms with E-state index in [1.807, 2.05) is 11.8 Å². The molecule has 1 aliphatic rings. The van der Waals surface area contributed by atoms with Crippen LogP contribution >= 0.6 is 39.3 Å². The summed E-state index contributed by atoms with van der Waals surface area (Å²) in [7, 11) is -3.59. The smallest absolute Gasteiger partial charge is 0.242 e. The van der Waals surface area contributed by atoms with E-state index in [0.29, 0.717) is 16.9 Å². The molecule has 0 bridgehead atoms. The minimum atomic E-state index is -3.59. The lowest BCUT2D eigenvalue weighted by molar-refractivity contribution is 0.476. The summed E-state index contributed by atoms with van der Waals surface area (Å²) >= 11 is 11.0. The molecule has 0 saturated carbocycles. The third-order valence-electron chi connectivity index (χ3n) is 2.97. The molecule has 2 rings (SSSR count). The van der Waals surface area contributed by atoms with Crippen molar-refractivity contribution in [2.75, 3.05) is 18.1 Å². The number of sulfonamides is 1. The topological polar surface area (TPSA) is 59.1 Å². The van der Waals surface area contributed by atoms with Gasteiger partial charge in [0.2, 0.25) is 10.0 Å². The third kappa shape index (κ3) is 4.32. The first-order chi connectivity index (χ1) is 8.99. The van der Waals surface area contributed by atoms with Gasteiger partial charge in [0.1, 0.15) is 10.0 Å². The van der Waals surface area contributed by atoms with Crippen LogP contribution in [-0.4, -0.2) is 31.5 Å². The fraction of sp³-hybridized carbons (Fsp3) is 0.545. The number of rotatable bonds is 4. The predicted octanol–water partition coefficient (Wildman–Crippen LogP) is 2.92. The zero-order valence-corrected chi connectivity index (χ0v) is 14.1. The van der Waals surface area contributed by atoms with Crippen molar-refractivity contribution in [3.63, 3.8) is 0 Å². The van der Waals surface area contributed by atoms with E-state index < -0.39 is 10.0 Å². The SMILES string of the molecule is O=S(=O)(NCC1CCSCC1)c1cc(Br)cnc1Cl. The van der Waals surface area contributed by atoms with Crippen molar-refractivity contribution in [2.24, 2.45) is 5.92 Å². The fourth-order valence-corrected chi connectivity index (χ4v) is 5.11. The predicted molar refractivity (Wildman–Crippen MR) is 82.2 cm³/mol. The summed E-state index contributed by atoms with van der Waals surface area (Å²) in [5.41, 5.74) is 0. The van der Waals surface area contributed by atoms with E-state index in [1.165, 1.54) is 12.3 Å². The van der Waals surface area contributed by atoms with E-state index >= 15 is 0 Å². The van der Waals surface area contributed by atoms with E-state index in [4.69, 9.17) is 11.6 Å². The van der Waals surface area contributed by atoms with Crippen molar-refractivity contribution in [3.8, 4) is 0 Å². The van der Waals surface area contributed by atoms with Crippen molar-refractivity contribution in [3.05, 3.63) is 21.9 Å². The standard InChI is InChI=1S/C11H14BrClN2O2S2/c12-9-5-10(11(13)14-7-9)19(16,17)15-6-8-1-3-18-4-2-8/h5,7-8,15H,1-4,6H2. The molecule has 2 heterocycles. The van der Waals surface area contributed by atoms with E-state index in [9.17, 15) is 8.42 Å². The monoisotopic (exact) mass is 384 g/mol. The van der Waals surface area contributed by atoms with Crippen LogP contribution in [0.15, 0.2) is 21.6 Å². The molecule has 19 heavy (non-hydrogen) atoms. The number of nitrogens with zero attached hydrogens (tertiary/aromatic N) is 1. The molecule has 0 aromatic carbocycles. The van der Waals surface area contributed by atoms with Crippen LogP contribution < -0.4 is 4.72 Å². The Balaban J connectivity index is 2.07. The molecule has 8 heteroatoms. The highest BCUT2D eigenvalue weighted by Gasteiger charge is 2.22. The average molecular weight is 386 g/mol. The molecular weight excluding hydrogens is 372 g/mol. The summed E-state index contributed by atoms with van der Waals surface area (Å²) in [4.78, 5) is 3.86. The second-order valence-corrected chi connectivity index (χ2v) is 8.58. The number of nitrogens with one attached hydrogen (secondary N) is 1. The second-order valence-electron chi connectivity index (χ2n) is 4.35. The van der Waals surface area contributed by atoms with Crippen molar-refractivity contribution in [1.82, 2.24) is 9.71 Å². The molecule has 4 nitrogen and oxygen atoms in total. The maximum absolute atomic E-state index is 12.2. The molecule has 0 aliphatic carbocycles. The minimum Gasteiger partial charge on any atom is -0.242 e. The van der Waals surface area contributed by atoms with Crippen molar-refractivity contribution < 1.29 is 8.42 Å². The van der Waals surface area contributed by atoms with Crippen molar-refractivity contribution >= 4 is 49.3 Å². The largest absolute Gasteiger partial charge is 0.243 e. The average Bonchev–Trinajstić information content (AvgIpc) is 2.40. The summed E-state index contributed by atoms with van der Waals surface area (Å²) in [6, 6.07) is 1.47. The van der Waals surface area contributed by atoms with Crippen LogP contribution in [0, 0.1) is 5.92 Å². The van der Waals surface area contributed by atoms with Gasteiger partial charge in [0.05, 0.1) is 0 Å². The first-order valence-corrected chi connectivity index (χ1v) is 9.68. The van der Waals surface area contributed by atoms with Gasteiger partial charge in [-0.2, -0.15) is 11.8 Å². The van der Waals surface area contributed by atoms with Crippen molar-refractivity contribution in [2.45, 2.75) is 17.7 Å². The van der Waals surface area contributed by atoms with Gasteiger partial charge in [-0.15, -0.1) is 0 Å². The molecule has 106 valence electrons. The van der Waals surface area contributed by atoms with E-state index in [1.54, 1.807) is 0 Å². The number of hydrogen-bond donors (Lipinski definition) is 1. The Labute approximate surface area is 130 Å². The lowest BCUT2D eigenvalue weighted by Crippen LogP contribution is -2.31. The van der Waals surface area contributed by atoms with E-state index in [2.05, 4.69) is 25.6 Å². The number of thioether (sulfide) groups is 1. The van der Waals surface area contributed by atoms with Gasteiger partial charge in [-0.05, 0) is 52.3 Å². The van der Waals surface area contributed by atoms with Crippen molar-refractivity contribution in [1.29, 1.82) is 0 Å². The maximum Gasteiger partial charge on any atom is 0.243 e. The molecule has 1 fully saturated rings. The highest BCUT2D eigenvalue weighted by atomic mass is 79.9. The number of halogens is 2. The quantitative estimate of drug-likeness (QED) is 0.810. The lowest BCUT2D eigenvalue weighted by Gasteiger charge is -2.21. The highest BCUT2D eigenvalue weighted by molar-refractivity contribution is 9.10. The Hall–Kier alpha value is 0.180. The first-order valence-electron chi connectivity index (χ1n) is 5.87. The van der Waals surface area contributed by atoms with Gasteiger partial charge in [-0.3, -0.25) is 0 Å². The molecule has 1 N–H and O–H groups in total. The molecule has 0 atom stereocenters. The molecule has 1 aromatic heterocycles. The summed E-state index contributed by atoms with van der Waals surface area (Å²) in [6.45, 7) is 0.464. The van der Waals surface area contributed by atoms with Gasteiger partial charge < -0.3 is 0 Å². The van der Waals surface area contributed by atoms with Crippen LogP contribution in [0.5, 0.6) is 0 Å². The zero-order valence-electron chi connectivity index (χ0n) is 10.1. The van der Waals surface area contributed by atoms with E-state index in [0.717, 1.165) is 24.3 Å². The number of pyridine rings is 1. The maximum atomic E-state index is 12.2. The molecule has 1 saturated heterocycles. The molecule has 0 spiro atoms. The van der Waals surface area contributed by atoms with Gasteiger partial charge in [-0.25, -0.2) is 18.1 Å². The Kier molecular flexibility index (Phi) is 5.54. The molecule has 1 aromatic rings. The Bertz CT molecular complexity index is 548. The molecule has 0 amide bonds. The highest BCUT2D eigenvalue weighted by Crippen LogP contribution is 2.25. The Morgan fingerprint density at radius 3 is 2.84 bits per heavy atom. The van der Waals surface area contributed by atoms with Gasteiger partial charge in [0.15, 0.2) is 0 Å². The zero-order chi connectivity index (χ0) is 13.9. The third-order valence-corrected chi connectivity index (χ3v) is 6.30. The number of aromatic nitrogens is 1. The molecule has 1 aliphatic heterocycles. The van der Waals surface area contributed by atoms with E-state index in [-0.39, 0.29) is 10.0 Å². The summed E-state index contributed by atoms with van der Waals surface area (Å²) in [6.07, 6.45) is 3.58. The van der Waals surface area contributed by atoms with Gasteiger partial charge >= 0.3 is 0 Å².